The zero-order valence-corrected chi connectivity index (χ0v) is 16.0. The number of pyridine rings is 1. The van der Waals surface area contributed by atoms with E-state index in [0.29, 0.717) is 5.56 Å². The lowest BCUT2D eigenvalue weighted by Gasteiger charge is -2.21. The lowest BCUT2D eigenvalue weighted by Crippen LogP contribution is -2.32. The maximum Gasteiger partial charge on any atom is 0.255 e. The van der Waals surface area contributed by atoms with Gasteiger partial charge in [0.1, 0.15) is 11.6 Å². The number of nitrogens with one attached hydrogen (secondary N) is 1. The van der Waals surface area contributed by atoms with Gasteiger partial charge in [-0.25, -0.2) is 4.98 Å². The van der Waals surface area contributed by atoms with E-state index in [1.165, 1.54) is 5.56 Å². The van der Waals surface area contributed by atoms with Crippen molar-refractivity contribution in [3.05, 3.63) is 53.7 Å². The Labute approximate surface area is 156 Å². The Morgan fingerprint density at radius 1 is 1.15 bits per heavy atom. The number of hydrogen-bond acceptors (Lipinski definition) is 4. The van der Waals surface area contributed by atoms with Crippen molar-refractivity contribution in [2.45, 2.75) is 33.1 Å². The molecule has 1 amide bonds. The summed E-state index contributed by atoms with van der Waals surface area (Å²) < 4.78 is 5.24. The van der Waals surface area contributed by atoms with E-state index >= 15 is 0 Å². The summed E-state index contributed by atoms with van der Waals surface area (Å²) in [6, 6.07) is 11.8. The molecule has 0 saturated heterocycles. The zero-order valence-electron chi connectivity index (χ0n) is 16.0. The number of ether oxygens (including phenoxy) is 1. The number of nitrogens with zero attached hydrogens (tertiary/aromatic N) is 2. The Hall–Kier alpha value is -2.56. The van der Waals surface area contributed by atoms with Crippen LogP contribution in [0.25, 0.3) is 0 Å². The molecular formula is C21H29N3O2. The molecule has 1 aromatic heterocycles. The topological polar surface area (TPSA) is 54.5 Å². The van der Waals surface area contributed by atoms with Crippen LogP contribution in [0.1, 0.15) is 42.6 Å². The highest BCUT2D eigenvalue weighted by Gasteiger charge is 2.14. The van der Waals surface area contributed by atoms with Crippen LogP contribution in [0, 0.1) is 0 Å². The Kier molecular flexibility index (Phi) is 7.93. The first-order chi connectivity index (χ1) is 12.7. The molecule has 0 unspecified atom stereocenters. The SMILES string of the molecule is CCCN(CCC)C(=O)c1ccc(NCCc2cccc(OC)c2)nc1. The Morgan fingerprint density at radius 2 is 1.92 bits per heavy atom. The fourth-order valence-electron chi connectivity index (χ4n) is 2.83. The smallest absolute Gasteiger partial charge is 0.255 e. The van der Waals surface area contributed by atoms with Gasteiger partial charge in [0.05, 0.1) is 12.7 Å². The van der Waals surface area contributed by atoms with Gasteiger partial charge in [-0.15, -0.1) is 0 Å². The third-order valence-corrected chi connectivity index (χ3v) is 4.14. The molecule has 0 bridgehead atoms. The molecule has 0 fully saturated rings. The second-order valence-electron chi connectivity index (χ2n) is 6.25. The van der Waals surface area contributed by atoms with Crippen LogP contribution in [0.5, 0.6) is 5.75 Å². The van der Waals surface area contributed by atoms with Gasteiger partial charge in [0.2, 0.25) is 0 Å². The number of carbonyl (C=O) groups is 1. The molecule has 0 spiro atoms. The van der Waals surface area contributed by atoms with Gasteiger partial charge in [-0.1, -0.05) is 26.0 Å². The van der Waals surface area contributed by atoms with E-state index in [9.17, 15) is 4.79 Å². The second kappa shape index (κ2) is 10.4. The van der Waals surface area contributed by atoms with Crippen LogP contribution in [0.4, 0.5) is 5.82 Å². The molecule has 1 heterocycles. The molecule has 2 rings (SSSR count). The van der Waals surface area contributed by atoms with E-state index in [1.54, 1.807) is 13.3 Å². The number of methoxy groups -OCH3 is 1. The number of amides is 1. The van der Waals surface area contributed by atoms with Crippen molar-refractivity contribution in [1.29, 1.82) is 0 Å². The van der Waals surface area contributed by atoms with Gasteiger partial charge in [-0.3, -0.25) is 4.79 Å². The van der Waals surface area contributed by atoms with E-state index in [2.05, 4.69) is 30.2 Å². The van der Waals surface area contributed by atoms with Crippen molar-refractivity contribution >= 4 is 11.7 Å². The van der Waals surface area contributed by atoms with Crippen molar-refractivity contribution in [2.75, 3.05) is 32.1 Å². The molecule has 0 aliphatic carbocycles. The van der Waals surface area contributed by atoms with Crippen LogP contribution in [0.15, 0.2) is 42.6 Å². The molecule has 0 saturated carbocycles. The first kappa shape index (κ1) is 19.8. The van der Waals surface area contributed by atoms with Crippen LogP contribution in [0.2, 0.25) is 0 Å². The molecule has 1 N–H and O–H groups in total. The van der Waals surface area contributed by atoms with Crippen LogP contribution in [-0.2, 0) is 6.42 Å². The van der Waals surface area contributed by atoms with Gasteiger partial charge in [0.25, 0.3) is 5.91 Å². The van der Waals surface area contributed by atoms with Crippen molar-refractivity contribution in [3.63, 3.8) is 0 Å². The van der Waals surface area contributed by atoms with Crippen molar-refractivity contribution in [2.24, 2.45) is 0 Å². The largest absolute Gasteiger partial charge is 0.497 e. The standard InChI is InChI=1S/C21H29N3O2/c1-4-13-24(14-5-2)21(25)18-9-10-20(23-16-18)22-12-11-17-7-6-8-19(15-17)26-3/h6-10,15-16H,4-5,11-14H2,1-3H3,(H,22,23). The normalized spacial score (nSPS) is 10.4. The fourth-order valence-corrected chi connectivity index (χ4v) is 2.83. The average molecular weight is 355 g/mol. The van der Waals surface area contributed by atoms with Crippen LogP contribution < -0.4 is 10.1 Å². The highest BCUT2D eigenvalue weighted by atomic mass is 16.5. The maximum absolute atomic E-state index is 12.5. The number of anilines is 1. The summed E-state index contributed by atoms with van der Waals surface area (Å²) in [5.74, 6) is 1.71. The van der Waals surface area contributed by atoms with Gasteiger partial charge in [0.15, 0.2) is 0 Å². The molecule has 140 valence electrons. The first-order valence-corrected chi connectivity index (χ1v) is 9.30. The predicted molar refractivity (Wildman–Crippen MR) is 106 cm³/mol. The molecule has 0 radical (unpaired) electrons. The summed E-state index contributed by atoms with van der Waals surface area (Å²) in [6.07, 6.45) is 4.46. The van der Waals surface area contributed by atoms with Gasteiger partial charge in [-0.05, 0) is 49.1 Å². The van der Waals surface area contributed by atoms with Gasteiger partial charge in [0, 0.05) is 25.8 Å². The highest BCUT2D eigenvalue weighted by Crippen LogP contribution is 2.13. The minimum Gasteiger partial charge on any atom is -0.497 e. The van der Waals surface area contributed by atoms with E-state index < -0.39 is 0 Å². The molecule has 5 nitrogen and oxygen atoms in total. The number of carbonyl (C=O) groups excluding carboxylic acids is 1. The van der Waals surface area contributed by atoms with Crippen molar-refractivity contribution < 1.29 is 9.53 Å². The minimum absolute atomic E-state index is 0.0594. The number of rotatable bonds is 10. The Bertz CT molecular complexity index is 680. The minimum atomic E-state index is 0.0594. The van der Waals surface area contributed by atoms with E-state index in [-0.39, 0.29) is 5.91 Å². The first-order valence-electron chi connectivity index (χ1n) is 9.30. The quantitative estimate of drug-likeness (QED) is 0.700. The van der Waals surface area contributed by atoms with E-state index in [0.717, 1.165) is 50.5 Å². The molecule has 0 aliphatic heterocycles. The fraction of sp³-hybridized carbons (Fsp3) is 0.429. The monoisotopic (exact) mass is 355 g/mol. The number of aromatic nitrogens is 1. The third kappa shape index (κ3) is 5.76. The Morgan fingerprint density at radius 3 is 2.54 bits per heavy atom. The summed E-state index contributed by atoms with van der Waals surface area (Å²) in [5, 5.41) is 3.30. The molecule has 5 heteroatoms. The average Bonchev–Trinajstić information content (AvgIpc) is 2.68. The zero-order chi connectivity index (χ0) is 18.8. The third-order valence-electron chi connectivity index (χ3n) is 4.14. The molecule has 26 heavy (non-hydrogen) atoms. The summed E-state index contributed by atoms with van der Waals surface area (Å²) in [5.41, 5.74) is 1.85. The van der Waals surface area contributed by atoms with Crippen LogP contribution in [-0.4, -0.2) is 42.5 Å². The van der Waals surface area contributed by atoms with Crippen LogP contribution in [0.3, 0.4) is 0 Å². The highest BCUT2D eigenvalue weighted by molar-refractivity contribution is 5.94. The van der Waals surface area contributed by atoms with Crippen molar-refractivity contribution in [3.8, 4) is 5.75 Å². The van der Waals surface area contributed by atoms with Gasteiger partial charge < -0.3 is 15.0 Å². The lowest BCUT2D eigenvalue weighted by atomic mass is 10.1. The Balaban J connectivity index is 1.89. The molecular weight excluding hydrogens is 326 g/mol. The predicted octanol–water partition coefficient (Wildman–Crippen LogP) is 4.01. The van der Waals surface area contributed by atoms with Gasteiger partial charge in [-0.2, -0.15) is 0 Å². The summed E-state index contributed by atoms with van der Waals surface area (Å²) in [7, 11) is 1.67. The molecule has 0 atom stereocenters. The van der Waals surface area contributed by atoms with Gasteiger partial charge >= 0.3 is 0 Å². The molecule has 2 aromatic rings. The lowest BCUT2D eigenvalue weighted by molar-refractivity contribution is 0.0755. The maximum atomic E-state index is 12.5. The van der Waals surface area contributed by atoms with Crippen LogP contribution >= 0.6 is 0 Å². The summed E-state index contributed by atoms with van der Waals surface area (Å²) in [4.78, 5) is 18.8. The molecule has 0 aliphatic rings. The number of benzene rings is 1. The number of hydrogen-bond donors (Lipinski definition) is 1. The van der Waals surface area contributed by atoms with E-state index in [4.69, 9.17) is 4.74 Å². The summed E-state index contributed by atoms with van der Waals surface area (Å²) >= 11 is 0. The summed E-state index contributed by atoms with van der Waals surface area (Å²) in [6.45, 7) is 6.51. The van der Waals surface area contributed by atoms with E-state index in [1.807, 2.05) is 35.2 Å². The second-order valence-corrected chi connectivity index (χ2v) is 6.25. The van der Waals surface area contributed by atoms with Crippen molar-refractivity contribution in [1.82, 2.24) is 9.88 Å². The molecule has 1 aromatic carbocycles.